The van der Waals surface area contributed by atoms with E-state index < -0.39 is 5.97 Å². The maximum atomic E-state index is 13.2. The summed E-state index contributed by atoms with van der Waals surface area (Å²) in [5.74, 6) is -0.443. The number of ether oxygens (including phenoxy) is 1. The summed E-state index contributed by atoms with van der Waals surface area (Å²) in [5.41, 5.74) is 3.60. The molecule has 144 valence electrons. The minimum atomic E-state index is -0.551. The summed E-state index contributed by atoms with van der Waals surface area (Å²) in [4.78, 5) is 27.2. The van der Waals surface area contributed by atoms with Crippen LogP contribution in [0.4, 0.5) is 5.69 Å². The molecule has 28 heavy (non-hydrogen) atoms. The average Bonchev–Trinajstić information content (AvgIpc) is 2.93. The van der Waals surface area contributed by atoms with Gasteiger partial charge in [-0.2, -0.15) is 0 Å². The van der Waals surface area contributed by atoms with E-state index in [2.05, 4.69) is 13.8 Å². The molecule has 0 fully saturated rings. The number of nitrogens with zero attached hydrogens (tertiary/aromatic N) is 1. The summed E-state index contributed by atoms with van der Waals surface area (Å²) in [5, 5.41) is 0.504. The van der Waals surface area contributed by atoms with Crippen molar-refractivity contribution in [1.82, 2.24) is 0 Å². The van der Waals surface area contributed by atoms with Gasteiger partial charge in [0, 0.05) is 16.4 Å². The highest BCUT2D eigenvalue weighted by atomic mass is 35.5. The van der Waals surface area contributed by atoms with E-state index in [1.807, 2.05) is 36.4 Å². The third-order valence-corrected chi connectivity index (χ3v) is 5.16. The highest BCUT2D eigenvalue weighted by Crippen LogP contribution is 2.36. The molecule has 0 unspecified atom stereocenters. The largest absolute Gasteiger partial charge is 0.465 e. The van der Waals surface area contributed by atoms with Crippen LogP contribution in [0.5, 0.6) is 0 Å². The van der Waals surface area contributed by atoms with Gasteiger partial charge in [-0.15, -0.1) is 0 Å². The molecule has 0 aliphatic carbocycles. The predicted octanol–water partition coefficient (Wildman–Crippen LogP) is 5.34. The van der Waals surface area contributed by atoms with E-state index in [0.29, 0.717) is 27.9 Å². The van der Waals surface area contributed by atoms with E-state index in [9.17, 15) is 9.59 Å². The molecule has 0 aromatic heterocycles. The minimum Gasteiger partial charge on any atom is -0.465 e. The Kier molecular flexibility index (Phi) is 5.71. The Labute approximate surface area is 170 Å². The SMILES string of the molecule is COC(=O)C1=C(C)N(c2ccc(C(C)C)cc2)C(=O)/C1=C\c1ccccc1Cl. The number of hydrogen-bond donors (Lipinski definition) is 0. The van der Waals surface area contributed by atoms with E-state index in [1.54, 1.807) is 30.0 Å². The Balaban J connectivity index is 2.11. The van der Waals surface area contributed by atoms with Gasteiger partial charge >= 0.3 is 5.97 Å². The van der Waals surface area contributed by atoms with E-state index >= 15 is 0 Å². The Morgan fingerprint density at radius 2 is 1.75 bits per heavy atom. The molecule has 0 saturated heterocycles. The Hall–Kier alpha value is -2.85. The summed E-state index contributed by atoms with van der Waals surface area (Å²) in [7, 11) is 1.31. The van der Waals surface area contributed by atoms with Crippen LogP contribution in [-0.2, 0) is 14.3 Å². The summed E-state index contributed by atoms with van der Waals surface area (Å²) < 4.78 is 4.94. The molecule has 0 N–H and O–H groups in total. The molecule has 0 atom stereocenters. The van der Waals surface area contributed by atoms with Crippen LogP contribution in [0, 0.1) is 0 Å². The molecule has 0 spiro atoms. The minimum absolute atomic E-state index is 0.250. The van der Waals surface area contributed by atoms with Crippen LogP contribution in [0.25, 0.3) is 6.08 Å². The lowest BCUT2D eigenvalue weighted by Gasteiger charge is -2.19. The number of benzene rings is 2. The lowest BCUT2D eigenvalue weighted by Crippen LogP contribution is -2.24. The summed E-state index contributed by atoms with van der Waals surface area (Å²) in [6.45, 7) is 5.97. The van der Waals surface area contributed by atoms with Gasteiger partial charge in [-0.05, 0) is 48.2 Å². The maximum absolute atomic E-state index is 13.2. The van der Waals surface area contributed by atoms with E-state index in [1.165, 1.54) is 12.7 Å². The first-order valence-corrected chi connectivity index (χ1v) is 9.43. The molecule has 0 saturated carbocycles. The molecule has 5 heteroatoms. The van der Waals surface area contributed by atoms with Crippen LogP contribution in [0.1, 0.15) is 37.8 Å². The molecule has 1 aliphatic rings. The van der Waals surface area contributed by atoms with E-state index in [-0.39, 0.29) is 17.1 Å². The van der Waals surface area contributed by atoms with Gasteiger partial charge in [0.05, 0.1) is 18.3 Å². The number of halogens is 1. The fraction of sp³-hybridized carbons (Fsp3) is 0.217. The number of amides is 1. The second-order valence-corrected chi connectivity index (χ2v) is 7.33. The molecule has 1 heterocycles. The fourth-order valence-corrected chi connectivity index (χ4v) is 3.44. The Bertz CT molecular complexity index is 987. The zero-order valence-corrected chi connectivity index (χ0v) is 17.1. The molecule has 4 nitrogen and oxygen atoms in total. The fourth-order valence-electron chi connectivity index (χ4n) is 3.25. The van der Waals surface area contributed by atoms with Gasteiger partial charge in [0.15, 0.2) is 0 Å². The molecule has 2 aromatic carbocycles. The first-order chi connectivity index (χ1) is 13.3. The van der Waals surface area contributed by atoms with Crippen molar-refractivity contribution in [1.29, 1.82) is 0 Å². The zero-order chi connectivity index (χ0) is 20.4. The molecule has 1 aliphatic heterocycles. The average molecular weight is 396 g/mol. The first-order valence-electron chi connectivity index (χ1n) is 9.05. The van der Waals surface area contributed by atoms with Gasteiger partial charge in [-0.3, -0.25) is 9.69 Å². The van der Waals surface area contributed by atoms with Crippen LogP contribution in [-0.4, -0.2) is 19.0 Å². The molecule has 1 amide bonds. The molecule has 0 radical (unpaired) electrons. The quantitative estimate of drug-likeness (QED) is 0.518. The monoisotopic (exact) mass is 395 g/mol. The number of carbonyl (C=O) groups is 2. The normalized spacial score (nSPS) is 15.7. The highest BCUT2D eigenvalue weighted by molar-refractivity contribution is 6.32. The topological polar surface area (TPSA) is 46.6 Å². The van der Waals surface area contributed by atoms with Gasteiger partial charge < -0.3 is 4.74 Å². The number of anilines is 1. The molecule has 2 aromatic rings. The first kappa shape index (κ1) is 19.9. The van der Waals surface area contributed by atoms with Gasteiger partial charge in [0.25, 0.3) is 5.91 Å². The number of hydrogen-bond acceptors (Lipinski definition) is 3. The van der Waals surface area contributed by atoms with Crippen molar-refractivity contribution in [3.05, 3.63) is 81.5 Å². The molecular formula is C23H22ClNO3. The third kappa shape index (κ3) is 3.60. The number of allylic oxidation sites excluding steroid dienone is 1. The summed E-state index contributed by atoms with van der Waals surface area (Å²) in [6, 6.07) is 15.0. The predicted molar refractivity (Wildman–Crippen MR) is 112 cm³/mol. The lowest BCUT2D eigenvalue weighted by atomic mass is 10.0. The van der Waals surface area contributed by atoms with E-state index in [4.69, 9.17) is 16.3 Å². The Morgan fingerprint density at radius 3 is 2.32 bits per heavy atom. The van der Waals surface area contributed by atoms with Crippen molar-refractivity contribution >= 4 is 35.2 Å². The highest BCUT2D eigenvalue weighted by Gasteiger charge is 2.38. The second-order valence-electron chi connectivity index (χ2n) is 6.92. The smallest absolute Gasteiger partial charge is 0.340 e. The standard InChI is InChI=1S/C23H22ClNO3/c1-14(2)16-9-11-18(12-10-16)25-15(3)21(23(27)28-4)19(22(25)26)13-17-7-5-6-8-20(17)24/h5-14H,1-4H3/b19-13-. The van der Waals surface area contributed by atoms with Crippen molar-refractivity contribution < 1.29 is 14.3 Å². The van der Waals surface area contributed by atoms with Crippen molar-refractivity contribution in [2.75, 3.05) is 12.0 Å². The number of rotatable bonds is 4. The van der Waals surface area contributed by atoms with Crippen LogP contribution in [0.15, 0.2) is 65.4 Å². The van der Waals surface area contributed by atoms with Crippen LogP contribution in [0.2, 0.25) is 5.02 Å². The summed E-state index contributed by atoms with van der Waals surface area (Å²) in [6.07, 6.45) is 1.64. The maximum Gasteiger partial charge on any atom is 0.340 e. The molecule has 0 bridgehead atoms. The second kappa shape index (κ2) is 8.03. The van der Waals surface area contributed by atoms with Gasteiger partial charge in [-0.25, -0.2) is 4.79 Å². The van der Waals surface area contributed by atoms with Crippen LogP contribution >= 0.6 is 11.6 Å². The van der Waals surface area contributed by atoms with Gasteiger partial charge in [-0.1, -0.05) is 55.8 Å². The van der Waals surface area contributed by atoms with Crippen molar-refractivity contribution in [2.45, 2.75) is 26.7 Å². The van der Waals surface area contributed by atoms with Crippen LogP contribution < -0.4 is 4.90 Å². The molecular weight excluding hydrogens is 374 g/mol. The van der Waals surface area contributed by atoms with Crippen molar-refractivity contribution in [3.8, 4) is 0 Å². The number of carbonyl (C=O) groups excluding carboxylic acids is 2. The zero-order valence-electron chi connectivity index (χ0n) is 16.3. The Morgan fingerprint density at radius 1 is 1.11 bits per heavy atom. The van der Waals surface area contributed by atoms with Gasteiger partial charge in [0.2, 0.25) is 0 Å². The number of esters is 1. The lowest BCUT2D eigenvalue weighted by molar-refractivity contribution is -0.136. The third-order valence-electron chi connectivity index (χ3n) is 4.81. The van der Waals surface area contributed by atoms with E-state index in [0.717, 1.165) is 0 Å². The van der Waals surface area contributed by atoms with Crippen LogP contribution in [0.3, 0.4) is 0 Å². The molecule has 3 rings (SSSR count). The number of methoxy groups -OCH3 is 1. The summed E-state index contributed by atoms with van der Waals surface area (Å²) >= 11 is 6.25. The van der Waals surface area contributed by atoms with Crippen molar-refractivity contribution in [2.24, 2.45) is 0 Å². The van der Waals surface area contributed by atoms with Gasteiger partial charge in [0.1, 0.15) is 0 Å². The van der Waals surface area contributed by atoms with Crippen molar-refractivity contribution in [3.63, 3.8) is 0 Å².